The van der Waals surface area contributed by atoms with Gasteiger partial charge < -0.3 is 0 Å². The summed E-state index contributed by atoms with van der Waals surface area (Å²) in [7, 11) is 0. The zero-order valence-corrected chi connectivity index (χ0v) is 7.97. The molecule has 0 saturated heterocycles. The molecule has 1 rings (SSSR count). The van der Waals surface area contributed by atoms with Crippen LogP contribution in [0.5, 0.6) is 0 Å². The molecule has 3 heteroatoms. The van der Waals surface area contributed by atoms with E-state index >= 15 is 0 Å². The lowest BCUT2D eigenvalue weighted by Gasteiger charge is -2.17. The molecule has 0 amide bonds. The Morgan fingerprint density at radius 1 is 1.46 bits per heavy atom. The minimum atomic E-state index is -0.567. The molecule has 1 aromatic rings. The van der Waals surface area contributed by atoms with Crippen LogP contribution in [0, 0.1) is 5.82 Å². The summed E-state index contributed by atoms with van der Waals surface area (Å²) in [5.74, 6) is -0.567. The first-order valence-electron chi connectivity index (χ1n) is 4.06. The zero-order chi connectivity index (χ0) is 10.1. The van der Waals surface area contributed by atoms with Crippen LogP contribution in [-0.4, -0.2) is 11.3 Å². The van der Waals surface area contributed by atoms with Crippen LogP contribution in [0.1, 0.15) is 36.8 Å². The molecule has 0 aliphatic rings. The van der Waals surface area contributed by atoms with Crippen molar-refractivity contribution in [3.8, 4) is 0 Å². The van der Waals surface area contributed by atoms with Gasteiger partial charge in [-0.3, -0.25) is 9.78 Å². The molecular formula is C10H12FNO. The summed E-state index contributed by atoms with van der Waals surface area (Å²) in [6.07, 6.45) is 1.59. The molecule has 0 atom stereocenters. The van der Waals surface area contributed by atoms with Crippen molar-refractivity contribution in [3.05, 3.63) is 29.3 Å². The highest BCUT2D eigenvalue weighted by atomic mass is 19.1. The maximum absolute atomic E-state index is 12.9. The maximum atomic E-state index is 12.9. The molecule has 0 spiro atoms. The quantitative estimate of drug-likeness (QED) is 0.622. The second kappa shape index (κ2) is 3.24. The number of pyridine rings is 1. The SMILES string of the molecule is CC(C)(C)c1cc(C=O)c(F)cn1. The molecule has 0 unspecified atom stereocenters. The largest absolute Gasteiger partial charge is 0.298 e. The molecular weight excluding hydrogens is 169 g/mol. The third-order valence-electron chi connectivity index (χ3n) is 1.78. The molecule has 0 N–H and O–H groups in total. The van der Waals surface area contributed by atoms with Crippen molar-refractivity contribution in [2.75, 3.05) is 0 Å². The van der Waals surface area contributed by atoms with Gasteiger partial charge in [-0.1, -0.05) is 20.8 Å². The molecule has 0 aliphatic heterocycles. The van der Waals surface area contributed by atoms with Crippen molar-refractivity contribution in [1.82, 2.24) is 4.98 Å². The second-order valence-corrected chi connectivity index (χ2v) is 3.96. The molecule has 0 bridgehead atoms. The van der Waals surface area contributed by atoms with E-state index in [0.29, 0.717) is 6.29 Å². The second-order valence-electron chi connectivity index (χ2n) is 3.96. The van der Waals surface area contributed by atoms with Crippen LogP contribution in [-0.2, 0) is 5.41 Å². The Morgan fingerprint density at radius 3 is 2.54 bits per heavy atom. The molecule has 0 aliphatic carbocycles. The van der Waals surface area contributed by atoms with Crippen LogP contribution in [0.3, 0.4) is 0 Å². The predicted molar refractivity (Wildman–Crippen MR) is 48.3 cm³/mol. The highest BCUT2D eigenvalue weighted by Gasteiger charge is 2.16. The standard InChI is InChI=1S/C10H12FNO/c1-10(2,3)9-4-7(6-13)8(11)5-12-9/h4-6H,1-3H3. The van der Waals surface area contributed by atoms with E-state index in [4.69, 9.17) is 0 Å². The lowest BCUT2D eigenvalue weighted by atomic mass is 9.91. The Kier molecular flexibility index (Phi) is 2.45. The third-order valence-corrected chi connectivity index (χ3v) is 1.78. The lowest BCUT2D eigenvalue weighted by molar-refractivity contribution is 0.111. The summed E-state index contributed by atoms with van der Waals surface area (Å²) < 4.78 is 12.9. The average Bonchev–Trinajstić information content (AvgIpc) is 2.03. The molecule has 0 radical (unpaired) electrons. The number of nitrogens with zero attached hydrogens (tertiary/aromatic N) is 1. The van der Waals surface area contributed by atoms with Gasteiger partial charge in [0.25, 0.3) is 0 Å². The predicted octanol–water partition coefficient (Wildman–Crippen LogP) is 2.33. The number of halogens is 1. The Morgan fingerprint density at radius 2 is 2.08 bits per heavy atom. The highest BCUT2D eigenvalue weighted by molar-refractivity contribution is 5.75. The van der Waals surface area contributed by atoms with Crippen LogP contribution >= 0.6 is 0 Å². The van der Waals surface area contributed by atoms with Crippen molar-refractivity contribution in [1.29, 1.82) is 0 Å². The van der Waals surface area contributed by atoms with Gasteiger partial charge >= 0.3 is 0 Å². The van der Waals surface area contributed by atoms with E-state index in [1.807, 2.05) is 20.8 Å². The van der Waals surface area contributed by atoms with Crippen LogP contribution in [0.4, 0.5) is 4.39 Å². The zero-order valence-electron chi connectivity index (χ0n) is 7.97. The molecule has 1 aromatic heterocycles. The number of aldehydes is 1. The fourth-order valence-electron chi connectivity index (χ4n) is 0.955. The van der Waals surface area contributed by atoms with E-state index in [-0.39, 0.29) is 11.0 Å². The first-order chi connectivity index (χ1) is 5.95. The van der Waals surface area contributed by atoms with E-state index in [9.17, 15) is 9.18 Å². The lowest BCUT2D eigenvalue weighted by Crippen LogP contribution is -2.14. The Balaban J connectivity index is 3.21. The van der Waals surface area contributed by atoms with Gasteiger partial charge in [-0.15, -0.1) is 0 Å². The highest BCUT2D eigenvalue weighted by Crippen LogP contribution is 2.20. The van der Waals surface area contributed by atoms with E-state index in [1.165, 1.54) is 6.07 Å². The van der Waals surface area contributed by atoms with Gasteiger partial charge in [0.1, 0.15) is 0 Å². The molecule has 0 aromatic carbocycles. The van der Waals surface area contributed by atoms with E-state index in [1.54, 1.807) is 0 Å². The maximum Gasteiger partial charge on any atom is 0.153 e. The summed E-state index contributed by atoms with van der Waals surface area (Å²) >= 11 is 0. The Labute approximate surface area is 76.8 Å². The number of rotatable bonds is 1. The number of carbonyl (C=O) groups is 1. The minimum absolute atomic E-state index is 0.0694. The number of hydrogen-bond donors (Lipinski definition) is 0. The van der Waals surface area contributed by atoms with Gasteiger partial charge in [-0.25, -0.2) is 4.39 Å². The number of carbonyl (C=O) groups excluding carboxylic acids is 1. The molecule has 0 saturated carbocycles. The van der Waals surface area contributed by atoms with Crippen LogP contribution < -0.4 is 0 Å². The first kappa shape index (κ1) is 9.84. The summed E-state index contributed by atoms with van der Waals surface area (Å²) in [5, 5.41) is 0. The molecule has 1 heterocycles. The smallest absolute Gasteiger partial charge is 0.153 e. The van der Waals surface area contributed by atoms with E-state index in [2.05, 4.69) is 4.98 Å². The molecule has 0 fully saturated rings. The van der Waals surface area contributed by atoms with E-state index in [0.717, 1.165) is 11.9 Å². The van der Waals surface area contributed by atoms with Gasteiger partial charge in [0, 0.05) is 11.1 Å². The summed E-state index contributed by atoms with van der Waals surface area (Å²) in [6.45, 7) is 5.88. The van der Waals surface area contributed by atoms with Crippen molar-refractivity contribution in [2.45, 2.75) is 26.2 Å². The summed E-state index contributed by atoms with van der Waals surface area (Å²) in [4.78, 5) is 14.4. The molecule has 2 nitrogen and oxygen atoms in total. The monoisotopic (exact) mass is 181 g/mol. The van der Waals surface area contributed by atoms with Crippen LogP contribution in [0.25, 0.3) is 0 Å². The molecule has 70 valence electrons. The number of aromatic nitrogens is 1. The summed E-state index contributed by atoms with van der Waals surface area (Å²) in [5.41, 5.74) is 0.627. The van der Waals surface area contributed by atoms with Gasteiger partial charge in [0.2, 0.25) is 0 Å². The average molecular weight is 181 g/mol. The first-order valence-corrected chi connectivity index (χ1v) is 4.06. The van der Waals surface area contributed by atoms with Crippen molar-refractivity contribution in [3.63, 3.8) is 0 Å². The topological polar surface area (TPSA) is 30.0 Å². The fraction of sp³-hybridized carbons (Fsp3) is 0.400. The normalized spacial score (nSPS) is 11.4. The van der Waals surface area contributed by atoms with Crippen molar-refractivity contribution < 1.29 is 9.18 Å². The molecule has 13 heavy (non-hydrogen) atoms. The van der Waals surface area contributed by atoms with Gasteiger partial charge in [0.15, 0.2) is 12.1 Å². The van der Waals surface area contributed by atoms with Crippen molar-refractivity contribution >= 4 is 6.29 Å². The van der Waals surface area contributed by atoms with E-state index < -0.39 is 5.82 Å². The van der Waals surface area contributed by atoms with Crippen LogP contribution in [0.15, 0.2) is 12.3 Å². The third kappa shape index (κ3) is 2.11. The number of hydrogen-bond acceptors (Lipinski definition) is 2. The Bertz CT molecular complexity index is 328. The van der Waals surface area contributed by atoms with Gasteiger partial charge in [0.05, 0.1) is 11.8 Å². The van der Waals surface area contributed by atoms with Crippen molar-refractivity contribution in [2.24, 2.45) is 0 Å². The Hall–Kier alpha value is -1.25. The van der Waals surface area contributed by atoms with Gasteiger partial charge in [-0.2, -0.15) is 0 Å². The fourth-order valence-corrected chi connectivity index (χ4v) is 0.955. The van der Waals surface area contributed by atoms with Gasteiger partial charge in [-0.05, 0) is 6.07 Å². The minimum Gasteiger partial charge on any atom is -0.298 e. The summed E-state index contributed by atoms with van der Waals surface area (Å²) in [6, 6.07) is 1.49. The van der Waals surface area contributed by atoms with Crippen LogP contribution in [0.2, 0.25) is 0 Å².